The van der Waals surface area contributed by atoms with Gasteiger partial charge >= 0.3 is 0 Å². The van der Waals surface area contributed by atoms with E-state index in [1.54, 1.807) is 0 Å². The van der Waals surface area contributed by atoms with Gasteiger partial charge in [0.25, 0.3) is 5.91 Å². The van der Waals surface area contributed by atoms with Gasteiger partial charge in [0.2, 0.25) is 5.84 Å². The van der Waals surface area contributed by atoms with Gasteiger partial charge in [0, 0.05) is 6.07 Å². The lowest BCUT2D eigenvalue weighted by molar-refractivity contribution is -0.110. The molecule has 0 atom stereocenters. The molecule has 0 saturated heterocycles. The Balaban J connectivity index is 3.09. The Morgan fingerprint density at radius 1 is 1.39 bits per heavy atom. The molecule has 1 amide bonds. The third kappa shape index (κ3) is 2.95. The topological polar surface area (TPSA) is 106 Å². The molecule has 8 heteroatoms. The van der Waals surface area contributed by atoms with E-state index < -0.39 is 11.7 Å². The molecule has 1 aromatic rings. The fraction of sp³-hybridized carbons (Fsp3) is 0.200. The van der Waals surface area contributed by atoms with Gasteiger partial charge in [-0.1, -0.05) is 16.8 Å². The summed E-state index contributed by atoms with van der Waals surface area (Å²) in [6, 6.07) is 2.94. The van der Waals surface area contributed by atoms with E-state index in [1.807, 2.05) is 0 Å². The van der Waals surface area contributed by atoms with E-state index in [9.17, 15) is 4.79 Å². The summed E-state index contributed by atoms with van der Waals surface area (Å²) >= 11 is 5.91. The van der Waals surface area contributed by atoms with Crippen LogP contribution in [-0.4, -0.2) is 31.2 Å². The largest absolute Gasteiger partial charge is 0.495 e. The quantitative estimate of drug-likeness (QED) is 0.330. The summed E-state index contributed by atoms with van der Waals surface area (Å²) in [7, 11) is 2.87. The molecule has 1 aromatic carbocycles. The summed E-state index contributed by atoms with van der Waals surface area (Å²) in [6.07, 6.45) is 0. The average Bonchev–Trinajstić information content (AvgIpc) is 2.38. The number of methoxy groups -OCH3 is 2. The van der Waals surface area contributed by atoms with Crippen molar-refractivity contribution >= 4 is 29.0 Å². The molecular weight excluding hydrogens is 262 g/mol. The van der Waals surface area contributed by atoms with Crippen LogP contribution in [0.4, 0.5) is 5.69 Å². The molecule has 0 aliphatic rings. The summed E-state index contributed by atoms with van der Waals surface area (Å²) in [6.45, 7) is 0. The molecule has 0 saturated carbocycles. The van der Waals surface area contributed by atoms with Crippen LogP contribution < -0.4 is 20.5 Å². The minimum atomic E-state index is -0.781. The molecule has 4 N–H and O–H groups in total. The maximum Gasteiger partial charge on any atom is 0.294 e. The van der Waals surface area contributed by atoms with Crippen LogP contribution in [0.5, 0.6) is 11.5 Å². The third-order valence-electron chi connectivity index (χ3n) is 2.06. The van der Waals surface area contributed by atoms with Crippen molar-refractivity contribution in [3.63, 3.8) is 0 Å². The number of carbonyl (C=O) groups is 1. The van der Waals surface area contributed by atoms with Gasteiger partial charge in [-0.25, -0.2) is 0 Å². The molecule has 0 aliphatic heterocycles. The highest BCUT2D eigenvalue weighted by Crippen LogP contribution is 2.35. The maximum atomic E-state index is 11.4. The molecule has 0 radical (unpaired) electrons. The Hall–Kier alpha value is -2.15. The maximum absolute atomic E-state index is 11.4. The Morgan fingerprint density at radius 2 is 2.00 bits per heavy atom. The highest BCUT2D eigenvalue weighted by atomic mass is 35.5. The second-order valence-electron chi connectivity index (χ2n) is 3.13. The van der Waals surface area contributed by atoms with Gasteiger partial charge in [0.1, 0.15) is 11.5 Å². The van der Waals surface area contributed by atoms with Crippen LogP contribution in [0, 0.1) is 0 Å². The zero-order valence-electron chi connectivity index (χ0n) is 9.73. The molecule has 0 bridgehead atoms. The second kappa shape index (κ2) is 5.97. The lowest BCUT2D eigenvalue weighted by Crippen LogP contribution is -2.30. The number of hydrogen-bond acceptors (Lipinski definition) is 5. The first-order valence-corrected chi connectivity index (χ1v) is 5.11. The SMILES string of the molecule is COc1cc(OC)c(NC(=O)/C(N)=N\O)cc1Cl. The van der Waals surface area contributed by atoms with Crippen molar-refractivity contribution in [3.05, 3.63) is 17.2 Å². The monoisotopic (exact) mass is 273 g/mol. The van der Waals surface area contributed by atoms with Gasteiger partial charge in [-0.3, -0.25) is 4.79 Å². The second-order valence-corrected chi connectivity index (χ2v) is 3.53. The molecular formula is C10H12ClN3O4. The number of nitrogens with two attached hydrogens (primary N) is 1. The number of hydrogen-bond donors (Lipinski definition) is 3. The third-order valence-corrected chi connectivity index (χ3v) is 2.36. The van der Waals surface area contributed by atoms with Crippen LogP contribution in [0.2, 0.25) is 5.02 Å². The molecule has 0 aromatic heterocycles. The van der Waals surface area contributed by atoms with Crippen molar-refractivity contribution in [3.8, 4) is 11.5 Å². The molecule has 0 spiro atoms. The number of ether oxygens (including phenoxy) is 2. The predicted molar refractivity (Wildman–Crippen MR) is 66.6 cm³/mol. The van der Waals surface area contributed by atoms with E-state index in [1.165, 1.54) is 26.4 Å². The first kappa shape index (κ1) is 13.9. The van der Waals surface area contributed by atoms with E-state index in [2.05, 4.69) is 10.5 Å². The van der Waals surface area contributed by atoms with Crippen LogP contribution in [0.1, 0.15) is 0 Å². The van der Waals surface area contributed by atoms with Crippen molar-refractivity contribution < 1.29 is 19.5 Å². The van der Waals surface area contributed by atoms with Crippen molar-refractivity contribution in [2.45, 2.75) is 0 Å². The number of nitrogens with zero attached hydrogens (tertiary/aromatic N) is 1. The van der Waals surface area contributed by atoms with Crippen LogP contribution in [0.15, 0.2) is 17.3 Å². The van der Waals surface area contributed by atoms with Crippen molar-refractivity contribution in [1.82, 2.24) is 0 Å². The number of carbonyl (C=O) groups excluding carboxylic acids is 1. The molecule has 0 aliphatic carbocycles. The molecule has 1 rings (SSSR count). The Morgan fingerprint density at radius 3 is 2.50 bits per heavy atom. The van der Waals surface area contributed by atoms with Crippen LogP contribution in [0.3, 0.4) is 0 Å². The van der Waals surface area contributed by atoms with Crippen LogP contribution in [0.25, 0.3) is 0 Å². The zero-order chi connectivity index (χ0) is 13.7. The number of oxime groups is 1. The van der Waals surface area contributed by atoms with Gasteiger partial charge in [0.05, 0.1) is 24.9 Å². The van der Waals surface area contributed by atoms with Crippen LogP contribution >= 0.6 is 11.6 Å². The summed E-state index contributed by atoms with van der Waals surface area (Å²) in [5, 5.41) is 13.6. The summed E-state index contributed by atoms with van der Waals surface area (Å²) in [5.74, 6) is -0.633. The minimum Gasteiger partial charge on any atom is -0.495 e. The van der Waals surface area contributed by atoms with Gasteiger partial charge in [-0.2, -0.15) is 0 Å². The average molecular weight is 274 g/mol. The standard InChI is InChI=1S/C10H12ClN3O4/c1-17-7-4-8(18-2)6(3-5(7)11)13-10(15)9(12)14-16/h3-4,16H,1-2H3,(H2,12,14)(H,13,15). The first-order chi connectivity index (χ1) is 8.53. The fourth-order valence-corrected chi connectivity index (χ4v) is 1.43. The predicted octanol–water partition coefficient (Wildman–Crippen LogP) is 1.04. The molecule has 0 fully saturated rings. The van der Waals surface area contributed by atoms with Gasteiger partial charge in [-0.05, 0) is 6.07 Å². The summed E-state index contributed by atoms with van der Waals surface area (Å²) < 4.78 is 10.1. The van der Waals surface area contributed by atoms with Gasteiger partial charge < -0.3 is 25.7 Å². The van der Waals surface area contributed by atoms with Crippen molar-refractivity contribution in [2.24, 2.45) is 10.9 Å². The van der Waals surface area contributed by atoms with Crippen LogP contribution in [-0.2, 0) is 4.79 Å². The van der Waals surface area contributed by atoms with Gasteiger partial charge in [0.15, 0.2) is 0 Å². The molecule has 18 heavy (non-hydrogen) atoms. The summed E-state index contributed by atoms with van der Waals surface area (Å²) in [4.78, 5) is 11.4. The van der Waals surface area contributed by atoms with E-state index in [0.29, 0.717) is 11.5 Å². The number of amidine groups is 1. The number of nitrogens with one attached hydrogen (secondary N) is 1. The van der Waals surface area contributed by atoms with E-state index in [0.717, 1.165) is 0 Å². The Labute approximate surface area is 108 Å². The zero-order valence-corrected chi connectivity index (χ0v) is 10.5. The number of anilines is 1. The molecule has 0 unspecified atom stereocenters. The fourth-order valence-electron chi connectivity index (χ4n) is 1.19. The van der Waals surface area contributed by atoms with Crippen molar-refractivity contribution in [1.29, 1.82) is 0 Å². The highest BCUT2D eigenvalue weighted by Gasteiger charge is 2.14. The highest BCUT2D eigenvalue weighted by molar-refractivity contribution is 6.41. The lowest BCUT2D eigenvalue weighted by atomic mass is 10.2. The number of rotatable bonds is 3. The van der Waals surface area contributed by atoms with E-state index in [4.69, 9.17) is 32.0 Å². The van der Waals surface area contributed by atoms with E-state index >= 15 is 0 Å². The molecule has 0 heterocycles. The van der Waals surface area contributed by atoms with E-state index in [-0.39, 0.29) is 10.7 Å². The smallest absolute Gasteiger partial charge is 0.294 e. The lowest BCUT2D eigenvalue weighted by Gasteiger charge is -2.12. The van der Waals surface area contributed by atoms with Gasteiger partial charge in [-0.15, -0.1) is 0 Å². The number of benzene rings is 1. The summed E-state index contributed by atoms with van der Waals surface area (Å²) in [5.41, 5.74) is 5.42. The molecule has 7 nitrogen and oxygen atoms in total. The first-order valence-electron chi connectivity index (χ1n) is 4.73. The molecule has 98 valence electrons. The number of halogens is 1. The minimum absolute atomic E-state index is 0.278. The Kier molecular flexibility index (Phi) is 4.61. The Bertz CT molecular complexity index is 490. The van der Waals surface area contributed by atoms with Crippen molar-refractivity contribution in [2.75, 3.05) is 19.5 Å². The normalized spacial score (nSPS) is 10.9. The number of amides is 1.